The van der Waals surface area contributed by atoms with E-state index >= 15 is 0 Å². The predicted octanol–water partition coefficient (Wildman–Crippen LogP) is 4.27. The average Bonchev–Trinajstić information content (AvgIpc) is 3.25. The molecule has 0 spiro atoms. The second-order valence-electron chi connectivity index (χ2n) is 6.74. The van der Waals surface area contributed by atoms with Gasteiger partial charge in [-0.2, -0.15) is 36.1 Å². The quantitative estimate of drug-likeness (QED) is 0.497. The molecule has 0 bridgehead atoms. The van der Waals surface area contributed by atoms with Gasteiger partial charge in [-0.05, 0) is 31.2 Å². The van der Waals surface area contributed by atoms with Crippen LogP contribution in [0, 0.1) is 0 Å². The van der Waals surface area contributed by atoms with Crippen LogP contribution in [0.2, 0.25) is 0 Å². The van der Waals surface area contributed by atoms with Gasteiger partial charge in [-0.25, -0.2) is 19.3 Å². The van der Waals surface area contributed by atoms with Gasteiger partial charge in [0.25, 0.3) is 11.9 Å². The number of carbonyl (C=O) groups excluding carboxylic acids is 1. The standard InChI is InChI=1S/C19H15F7N6O/c1-11(15-29-10-30-32(15)17-27-4-2-5-28-17)31(6-3-20)16(33)12-7-13(18(21,22)23)9-14(8-12)19(24,25)26/h2,4-5,7-11H,3,6H2,1H3. The first-order valence-electron chi connectivity index (χ1n) is 9.27. The van der Waals surface area contributed by atoms with E-state index in [1.165, 1.54) is 25.4 Å². The molecule has 1 aromatic carbocycles. The highest BCUT2D eigenvalue weighted by Gasteiger charge is 2.38. The normalized spacial score (nSPS) is 13.1. The zero-order valence-corrected chi connectivity index (χ0v) is 16.8. The second kappa shape index (κ2) is 9.11. The zero-order chi connectivity index (χ0) is 24.4. The minimum Gasteiger partial charge on any atom is -0.326 e. The van der Waals surface area contributed by atoms with Crippen LogP contribution in [-0.2, 0) is 12.4 Å². The van der Waals surface area contributed by atoms with Crippen molar-refractivity contribution in [2.45, 2.75) is 25.3 Å². The number of rotatable bonds is 6. The highest BCUT2D eigenvalue weighted by Crippen LogP contribution is 2.37. The van der Waals surface area contributed by atoms with E-state index in [2.05, 4.69) is 20.1 Å². The van der Waals surface area contributed by atoms with E-state index in [-0.39, 0.29) is 17.8 Å². The van der Waals surface area contributed by atoms with Crippen molar-refractivity contribution in [3.63, 3.8) is 0 Å². The van der Waals surface area contributed by atoms with Crippen molar-refractivity contribution < 1.29 is 35.5 Å². The summed E-state index contributed by atoms with van der Waals surface area (Å²) < 4.78 is 93.5. The number of halogens is 7. The molecule has 33 heavy (non-hydrogen) atoms. The maximum absolute atomic E-state index is 13.3. The van der Waals surface area contributed by atoms with E-state index < -0.39 is 54.2 Å². The van der Waals surface area contributed by atoms with Gasteiger partial charge >= 0.3 is 12.4 Å². The number of aromatic nitrogens is 5. The lowest BCUT2D eigenvalue weighted by Crippen LogP contribution is -2.37. The van der Waals surface area contributed by atoms with Gasteiger partial charge < -0.3 is 4.90 Å². The summed E-state index contributed by atoms with van der Waals surface area (Å²) in [5.74, 6) is -1.19. The zero-order valence-electron chi connectivity index (χ0n) is 16.8. The highest BCUT2D eigenvalue weighted by atomic mass is 19.4. The SMILES string of the molecule is CC(c1ncnn1-c1ncccn1)N(CCF)C(=O)c1cc(C(F)(F)F)cc(C(F)(F)F)c1. The van der Waals surface area contributed by atoms with Gasteiger partial charge in [0.05, 0.1) is 23.7 Å². The lowest BCUT2D eigenvalue weighted by molar-refractivity contribution is -0.143. The highest BCUT2D eigenvalue weighted by molar-refractivity contribution is 5.95. The molecule has 14 heteroatoms. The van der Waals surface area contributed by atoms with Gasteiger partial charge in [0.2, 0.25) is 0 Å². The fraction of sp³-hybridized carbons (Fsp3) is 0.316. The van der Waals surface area contributed by atoms with Crippen molar-refractivity contribution in [3.05, 3.63) is 65.5 Å². The largest absolute Gasteiger partial charge is 0.416 e. The molecule has 1 unspecified atom stereocenters. The van der Waals surface area contributed by atoms with E-state index in [1.807, 2.05) is 0 Å². The minimum absolute atomic E-state index is 0.0195. The third kappa shape index (κ3) is 5.26. The molecule has 2 heterocycles. The Bertz CT molecular complexity index is 1080. The van der Waals surface area contributed by atoms with Crippen LogP contribution in [0.3, 0.4) is 0 Å². The number of hydrogen-bond donors (Lipinski definition) is 0. The van der Waals surface area contributed by atoms with Crippen LogP contribution >= 0.6 is 0 Å². The Labute approximate surface area is 181 Å². The van der Waals surface area contributed by atoms with Crippen LogP contribution in [0.15, 0.2) is 43.0 Å². The third-order valence-electron chi connectivity index (χ3n) is 4.58. The Morgan fingerprint density at radius 3 is 2.09 bits per heavy atom. The molecular formula is C19H15F7N6O. The summed E-state index contributed by atoms with van der Waals surface area (Å²) in [5, 5.41) is 3.93. The fourth-order valence-corrected chi connectivity index (χ4v) is 3.04. The second-order valence-corrected chi connectivity index (χ2v) is 6.74. The Morgan fingerprint density at radius 1 is 1.00 bits per heavy atom. The van der Waals surface area contributed by atoms with Crippen LogP contribution in [0.5, 0.6) is 0 Å². The van der Waals surface area contributed by atoms with E-state index in [1.54, 1.807) is 0 Å². The first-order chi connectivity index (χ1) is 15.4. The number of amides is 1. The molecule has 0 radical (unpaired) electrons. The molecule has 0 N–H and O–H groups in total. The number of benzene rings is 1. The average molecular weight is 476 g/mol. The summed E-state index contributed by atoms with van der Waals surface area (Å²) in [6.45, 7) is -0.369. The van der Waals surface area contributed by atoms with E-state index in [4.69, 9.17) is 0 Å². The Balaban J connectivity index is 2.05. The summed E-state index contributed by atoms with van der Waals surface area (Å²) in [6, 6.07) is 0.904. The van der Waals surface area contributed by atoms with Crippen LogP contribution in [-0.4, -0.2) is 48.8 Å². The van der Waals surface area contributed by atoms with Gasteiger partial charge in [0.1, 0.15) is 13.0 Å². The molecule has 0 aliphatic rings. The molecule has 176 valence electrons. The Morgan fingerprint density at radius 2 is 1.58 bits per heavy atom. The van der Waals surface area contributed by atoms with Crippen LogP contribution < -0.4 is 0 Å². The molecule has 3 rings (SSSR count). The molecular weight excluding hydrogens is 461 g/mol. The van der Waals surface area contributed by atoms with Crippen molar-refractivity contribution in [2.24, 2.45) is 0 Å². The van der Waals surface area contributed by atoms with Crippen LogP contribution in [0.25, 0.3) is 5.95 Å². The maximum Gasteiger partial charge on any atom is 0.416 e. The summed E-state index contributed by atoms with van der Waals surface area (Å²) in [5.41, 5.74) is -4.22. The van der Waals surface area contributed by atoms with E-state index in [0.29, 0.717) is 12.1 Å². The maximum atomic E-state index is 13.3. The van der Waals surface area contributed by atoms with Gasteiger partial charge in [0.15, 0.2) is 5.82 Å². The molecule has 2 aromatic heterocycles. The smallest absolute Gasteiger partial charge is 0.326 e. The van der Waals surface area contributed by atoms with Crippen molar-refractivity contribution >= 4 is 5.91 Å². The predicted molar refractivity (Wildman–Crippen MR) is 98.8 cm³/mol. The topological polar surface area (TPSA) is 76.8 Å². The van der Waals surface area contributed by atoms with E-state index in [0.717, 1.165) is 15.9 Å². The minimum atomic E-state index is -5.14. The number of nitrogens with zero attached hydrogens (tertiary/aromatic N) is 6. The van der Waals surface area contributed by atoms with E-state index in [9.17, 15) is 35.5 Å². The molecule has 0 aliphatic heterocycles. The van der Waals surface area contributed by atoms with Crippen LogP contribution in [0.4, 0.5) is 30.7 Å². The number of carbonyl (C=O) groups is 1. The molecule has 1 atom stereocenters. The third-order valence-corrected chi connectivity index (χ3v) is 4.58. The summed E-state index contributed by atoms with van der Waals surface area (Å²) >= 11 is 0. The van der Waals surface area contributed by atoms with Crippen molar-refractivity contribution in [1.29, 1.82) is 0 Å². The first-order valence-corrected chi connectivity index (χ1v) is 9.27. The number of hydrogen-bond acceptors (Lipinski definition) is 5. The summed E-state index contributed by atoms with van der Waals surface area (Å²) in [7, 11) is 0. The summed E-state index contributed by atoms with van der Waals surface area (Å²) in [6.07, 6.45) is -6.41. The van der Waals surface area contributed by atoms with Gasteiger partial charge in [-0.15, -0.1) is 0 Å². The molecule has 1 amide bonds. The van der Waals surface area contributed by atoms with Gasteiger partial charge in [0, 0.05) is 18.0 Å². The fourth-order valence-electron chi connectivity index (χ4n) is 3.04. The monoisotopic (exact) mass is 476 g/mol. The van der Waals surface area contributed by atoms with Gasteiger partial charge in [-0.3, -0.25) is 4.79 Å². The van der Waals surface area contributed by atoms with Crippen LogP contribution in [0.1, 0.15) is 40.3 Å². The molecule has 0 saturated heterocycles. The molecule has 7 nitrogen and oxygen atoms in total. The molecule has 0 saturated carbocycles. The van der Waals surface area contributed by atoms with Crippen molar-refractivity contribution in [1.82, 2.24) is 29.6 Å². The van der Waals surface area contributed by atoms with Crippen molar-refractivity contribution in [2.75, 3.05) is 13.2 Å². The number of alkyl halides is 7. The Hall–Kier alpha value is -3.58. The Kier molecular flexibility index (Phi) is 6.65. The molecule has 3 aromatic rings. The van der Waals surface area contributed by atoms with Gasteiger partial charge in [-0.1, -0.05) is 0 Å². The summed E-state index contributed by atoms with van der Waals surface area (Å²) in [4.78, 5) is 25.7. The molecule has 0 fully saturated rings. The molecule has 0 aliphatic carbocycles. The van der Waals surface area contributed by atoms with Crippen molar-refractivity contribution in [3.8, 4) is 5.95 Å². The lowest BCUT2D eigenvalue weighted by atomic mass is 10.0. The first kappa shape index (κ1) is 24.1. The lowest BCUT2D eigenvalue weighted by Gasteiger charge is -2.28.